The molecule has 0 radical (unpaired) electrons. The zero-order valence-corrected chi connectivity index (χ0v) is 15.3. The Labute approximate surface area is 159 Å². The van der Waals surface area contributed by atoms with Crippen molar-refractivity contribution in [1.82, 2.24) is 15.0 Å². The lowest BCUT2D eigenvalue weighted by molar-refractivity contribution is 0.0751. The van der Waals surface area contributed by atoms with Gasteiger partial charge < -0.3 is 9.42 Å². The summed E-state index contributed by atoms with van der Waals surface area (Å²) in [5.41, 5.74) is 2.61. The smallest absolute Gasteiger partial charge is 0.276 e. The van der Waals surface area contributed by atoms with E-state index in [0.29, 0.717) is 18.0 Å². The largest absolute Gasteiger partial charge is 0.355 e. The molecular weight excluding hydrogens is 338 g/mol. The predicted octanol–water partition coefficient (Wildman–Crippen LogP) is 3.69. The molecule has 0 atom stereocenters. The highest BCUT2D eigenvalue weighted by Crippen LogP contribution is 2.21. The number of aromatic nitrogens is 1. The molecule has 0 saturated carbocycles. The minimum atomic E-state index is -0.0532. The van der Waals surface area contributed by atoms with Crippen molar-refractivity contribution in [2.75, 3.05) is 26.2 Å². The van der Waals surface area contributed by atoms with Crippen LogP contribution in [0.4, 0.5) is 0 Å². The van der Waals surface area contributed by atoms with Crippen LogP contribution in [0.1, 0.15) is 22.5 Å². The molecule has 1 amide bonds. The number of hydrogen-bond acceptors (Lipinski definition) is 4. The highest BCUT2D eigenvalue weighted by atomic mass is 16.5. The maximum absolute atomic E-state index is 12.8. The van der Waals surface area contributed by atoms with Crippen molar-refractivity contribution in [3.8, 4) is 11.3 Å². The van der Waals surface area contributed by atoms with E-state index in [4.69, 9.17) is 4.52 Å². The molecule has 0 unspecified atom stereocenters. The second-order valence-electron chi connectivity index (χ2n) is 6.85. The molecule has 5 nitrogen and oxygen atoms in total. The summed E-state index contributed by atoms with van der Waals surface area (Å²) in [6.45, 7) is 4.23. The summed E-state index contributed by atoms with van der Waals surface area (Å²) >= 11 is 0. The maximum atomic E-state index is 12.8. The highest BCUT2D eigenvalue weighted by molar-refractivity contribution is 5.93. The van der Waals surface area contributed by atoms with Gasteiger partial charge in [0.15, 0.2) is 11.5 Å². The number of amides is 1. The van der Waals surface area contributed by atoms with Crippen molar-refractivity contribution in [2.45, 2.75) is 13.0 Å². The van der Waals surface area contributed by atoms with Gasteiger partial charge in [-0.15, -0.1) is 0 Å². The normalized spacial score (nSPS) is 15.5. The molecule has 5 heteroatoms. The van der Waals surface area contributed by atoms with Crippen molar-refractivity contribution in [2.24, 2.45) is 0 Å². The number of carbonyl (C=O) groups excluding carboxylic acids is 1. The Hall–Kier alpha value is -2.92. The van der Waals surface area contributed by atoms with Crippen LogP contribution in [0.2, 0.25) is 0 Å². The molecular formula is C22H23N3O2. The van der Waals surface area contributed by atoms with Gasteiger partial charge in [0.25, 0.3) is 5.91 Å². The van der Waals surface area contributed by atoms with Gasteiger partial charge in [-0.3, -0.25) is 9.69 Å². The van der Waals surface area contributed by atoms with Crippen molar-refractivity contribution in [1.29, 1.82) is 0 Å². The van der Waals surface area contributed by atoms with Crippen LogP contribution in [-0.4, -0.2) is 47.0 Å². The zero-order chi connectivity index (χ0) is 18.5. The van der Waals surface area contributed by atoms with E-state index in [-0.39, 0.29) is 5.91 Å². The molecule has 1 aliphatic rings. The lowest BCUT2D eigenvalue weighted by Gasteiger charge is -2.21. The first-order valence-electron chi connectivity index (χ1n) is 9.37. The summed E-state index contributed by atoms with van der Waals surface area (Å²) < 4.78 is 5.39. The quantitative estimate of drug-likeness (QED) is 0.711. The molecule has 1 fully saturated rings. The fourth-order valence-electron chi connectivity index (χ4n) is 3.45. The lowest BCUT2D eigenvalue weighted by Crippen LogP contribution is -2.35. The molecule has 1 aliphatic heterocycles. The van der Waals surface area contributed by atoms with Gasteiger partial charge in [0.1, 0.15) is 0 Å². The summed E-state index contributed by atoms with van der Waals surface area (Å²) in [6.07, 6.45) is 0.960. The summed E-state index contributed by atoms with van der Waals surface area (Å²) in [6, 6.07) is 21.9. The molecule has 2 aromatic carbocycles. The third kappa shape index (κ3) is 4.26. The lowest BCUT2D eigenvalue weighted by atomic mass is 10.1. The number of rotatable bonds is 4. The monoisotopic (exact) mass is 361 g/mol. The van der Waals surface area contributed by atoms with Crippen LogP contribution in [0.15, 0.2) is 71.3 Å². The highest BCUT2D eigenvalue weighted by Gasteiger charge is 2.23. The van der Waals surface area contributed by atoms with Gasteiger partial charge in [-0.25, -0.2) is 0 Å². The summed E-state index contributed by atoms with van der Waals surface area (Å²) in [4.78, 5) is 17.1. The Kier molecular flexibility index (Phi) is 5.30. The molecule has 0 spiro atoms. The second kappa shape index (κ2) is 8.18. The van der Waals surface area contributed by atoms with Crippen LogP contribution in [0.5, 0.6) is 0 Å². The van der Waals surface area contributed by atoms with Crippen molar-refractivity contribution in [3.05, 3.63) is 78.0 Å². The Morgan fingerprint density at radius 2 is 1.67 bits per heavy atom. The first-order chi connectivity index (χ1) is 13.3. The number of benzene rings is 2. The van der Waals surface area contributed by atoms with E-state index in [1.807, 2.05) is 41.3 Å². The van der Waals surface area contributed by atoms with Gasteiger partial charge in [-0.05, 0) is 12.0 Å². The average molecular weight is 361 g/mol. The molecule has 2 heterocycles. The Bertz CT molecular complexity index is 877. The summed E-state index contributed by atoms with van der Waals surface area (Å²) in [5, 5.41) is 4.01. The van der Waals surface area contributed by atoms with Gasteiger partial charge in [0.2, 0.25) is 0 Å². The van der Waals surface area contributed by atoms with E-state index in [1.165, 1.54) is 5.56 Å². The van der Waals surface area contributed by atoms with E-state index in [0.717, 1.165) is 38.2 Å². The van der Waals surface area contributed by atoms with Crippen molar-refractivity contribution < 1.29 is 9.32 Å². The van der Waals surface area contributed by atoms with Crippen molar-refractivity contribution >= 4 is 5.91 Å². The summed E-state index contributed by atoms with van der Waals surface area (Å²) in [7, 11) is 0. The fraction of sp³-hybridized carbons (Fsp3) is 0.273. The van der Waals surface area contributed by atoms with E-state index in [9.17, 15) is 4.79 Å². The third-order valence-electron chi connectivity index (χ3n) is 4.91. The Morgan fingerprint density at radius 1 is 0.926 bits per heavy atom. The van der Waals surface area contributed by atoms with Crippen LogP contribution >= 0.6 is 0 Å². The van der Waals surface area contributed by atoms with Crippen LogP contribution in [0, 0.1) is 0 Å². The minimum absolute atomic E-state index is 0.0532. The molecule has 138 valence electrons. The van der Waals surface area contributed by atoms with Crippen LogP contribution in [0.3, 0.4) is 0 Å². The first-order valence-corrected chi connectivity index (χ1v) is 9.37. The predicted molar refractivity (Wildman–Crippen MR) is 104 cm³/mol. The van der Waals surface area contributed by atoms with Crippen LogP contribution in [-0.2, 0) is 6.54 Å². The average Bonchev–Trinajstić information content (AvgIpc) is 3.10. The Balaban J connectivity index is 1.39. The Morgan fingerprint density at radius 3 is 2.44 bits per heavy atom. The van der Waals surface area contributed by atoms with Gasteiger partial charge in [0.05, 0.1) is 0 Å². The van der Waals surface area contributed by atoms with Gasteiger partial charge >= 0.3 is 0 Å². The zero-order valence-electron chi connectivity index (χ0n) is 15.3. The standard InChI is InChI=1S/C22H23N3O2/c26-22(20-16-21(27-23-20)19-10-5-2-6-11-19)25-13-7-12-24(14-15-25)17-18-8-3-1-4-9-18/h1-6,8-11,16H,7,12-15,17H2. The molecule has 3 aromatic rings. The topological polar surface area (TPSA) is 49.6 Å². The SMILES string of the molecule is O=C(c1cc(-c2ccccc2)on1)N1CCCN(Cc2ccccc2)CC1. The summed E-state index contributed by atoms with van der Waals surface area (Å²) in [5.74, 6) is 0.571. The van der Waals surface area contributed by atoms with Gasteiger partial charge in [-0.1, -0.05) is 65.8 Å². The fourth-order valence-corrected chi connectivity index (χ4v) is 3.45. The molecule has 27 heavy (non-hydrogen) atoms. The van der Waals surface area contributed by atoms with Crippen LogP contribution < -0.4 is 0 Å². The second-order valence-corrected chi connectivity index (χ2v) is 6.85. The first kappa shape index (κ1) is 17.5. The van der Waals surface area contributed by atoms with Gasteiger partial charge in [0, 0.05) is 44.4 Å². The number of hydrogen-bond donors (Lipinski definition) is 0. The number of carbonyl (C=O) groups is 1. The van der Waals surface area contributed by atoms with Crippen LogP contribution in [0.25, 0.3) is 11.3 Å². The number of nitrogens with zero attached hydrogens (tertiary/aromatic N) is 3. The van der Waals surface area contributed by atoms with Gasteiger partial charge in [-0.2, -0.15) is 0 Å². The maximum Gasteiger partial charge on any atom is 0.276 e. The molecule has 0 N–H and O–H groups in total. The van der Waals surface area contributed by atoms with E-state index >= 15 is 0 Å². The molecule has 4 rings (SSSR count). The molecule has 1 saturated heterocycles. The van der Waals surface area contributed by atoms with E-state index in [1.54, 1.807) is 6.07 Å². The van der Waals surface area contributed by atoms with E-state index in [2.05, 4.69) is 34.3 Å². The molecule has 1 aromatic heterocycles. The van der Waals surface area contributed by atoms with Crippen molar-refractivity contribution in [3.63, 3.8) is 0 Å². The van der Waals surface area contributed by atoms with E-state index < -0.39 is 0 Å². The molecule has 0 bridgehead atoms. The third-order valence-corrected chi connectivity index (χ3v) is 4.91. The minimum Gasteiger partial charge on any atom is -0.355 e. The molecule has 0 aliphatic carbocycles.